The number of ether oxygens (including phenoxy) is 3. The molecule has 3 rings (SSSR count). The van der Waals surface area contributed by atoms with Crippen molar-refractivity contribution in [3.63, 3.8) is 0 Å². The van der Waals surface area contributed by atoms with Gasteiger partial charge in [-0.05, 0) is 36.8 Å². The third-order valence-electron chi connectivity index (χ3n) is 4.34. The minimum atomic E-state index is -0.603. The number of carbonyl (C=O) groups is 3. The number of methoxy groups -OCH3 is 1. The average molecular weight is 383 g/mol. The number of hydrogen-bond donors (Lipinski definition) is 0. The molecule has 0 spiro atoms. The van der Waals surface area contributed by atoms with Gasteiger partial charge in [-0.15, -0.1) is 0 Å². The maximum atomic E-state index is 12.4. The third kappa shape index (κ3) is 4.49. The highest BCUT2D eigenvalue weighted by Gasteiger charge is 2.31. The Morgan fingerprint density at radius 1 is 1.07 bits per heavy atom. The van der Waals surface area contributed by atoms with Crippen LogP contribution in [-0.2, 0) is 25.5 Å². The molecule has 146 valence electrons. The van der Waals surface area contributed by atoms with E-state index in [9.17, 15) is 14.4 Å². The van der Waals surface area contributed by atoms with E-state index in [4.69, 9.17) is 9.47 Å². The number of benzene rings is 2. The Bertz CT molecular complexity index is 877. The summed E-state index contributed by atoms with van der Waals surface area (Å²) < 4.78 is 15.5. The highest BCUT2D eigenvalue weighted by molar-refractivity contribution is 6.00. The van der Waals surface area contributed by atoms with Gasteiger partial charge in [-0.1, -0.05) is 24.3 Å². The average Bonchev–Trinajstić information content (AvgIpc) is 2.69. The Morgan fingerprint density at radius 3 is 2.50 bits per heavy atom. The second kappa shape index (κ2) is 8.56. The molecule has 1 heterocycles. The minimum absolute atomic E-state index is 0.0384. The van der Waals surface area contributed by atoms with Crippen LogP contribution in [0.25, 0.3) is 0 Å². The number of para-hydroxylation sites is 2. The maximum absolute atomic E-state index is 12.4. The summed E-state index contributed by atoms with van der Waals surface area (Å²) >= 11 is 0. The summed E-state index contributed by atoms with van der Waals surface area (Å²) in [7, 11) is 1.33. The summed E-state index contributed by atoms with van der Waals surface area (Å²) in [4.78, 5) is 37.4. The molecular weight excluding hydrogens is 362 g/mol. The monoisotopic (exact) mass is 383 g/mol. The van der Waals surface area contributed by atoms with Crippen LogP contribution < -0.4 is 14.4 Å². The van der Waals surface area contributed by atoms with Crippen molar-refractivity contribution in [2.24, 2.45) is 0 Å². The smallest absolute Gasteiger partial charge is 0.312 e. The number of amides is 1. The van der Waals surface area contributed by atoms with Crippen LogP contribution in [0, 0.1) is 0 Å². The summed E-state index contributed by atoms with van der Waals surface area (Å²) in [5.74, 6) is 0.00286. The van der Waals surface area contributed by atoms with E-state index in [1.165, 1.54) is 7.11 Å². The van der Waals surface area contributed by atoms with E-state index in [1.807, 2.05) is 12.1 Å². The Morgan fingerprint density at radius 2 is 1.79 bits per heavy atom. The molecule has 1 atom stereocenters. The van der Waals surface area contributed by atoms with Crippen LogP contribution in [0.2, 0.25) is 0 Å². The Kier molecular flexibility index (Phi) is 5.93. The molecular formula is C21H21NO6. The SMILES string of the molecule is COC(=O)Cc1ccc(OC(=O)CCN2C(=O)C(C)Oc3ccccc32)cc1. The lowest BCUT2D eigenvalue weighted by Crippen LogP contribution is -2.45. The molecule has 0 bridgehead atoms. The summed E-state index contributed by atoms with van der Waals surface area (Å²) in [5, 5.41) is 0. The first-order valence-electron chi connectivity index (χ1n) is 8.91. The van der Waals surface area contributed by atoms with Gasteiger partial charge in [0.05, 0.1) is 25.6 Å². The second-order valence-corrected chi connectivity index (χ2v) is 6.34. The molecule has 0 aromatic heterocycles. The predicted molar refractivity (Wildman–Crippen MR) is 101 cm³/mol. The summed E-state index contributed by atoms with van der Waals surface area (Å²) in [6.45, 7) is 1.88. The predicted octanol–water partition coefficient (Wildman–Crippen LogP) is 2.51. The summed E-state index contributed by atoms with van der Waals surface area (Å²) in [6, 6.07) is 13.8. The lowest BCUT2D eigenvalue weighted by molar-refractivity contribution is -0.140. The Balaban J connectivity index is 1.58. The van der Waals surface area contributed by atoms with Crippen molar-refractivity contribution >= 4 is 23.5 Å². The molecule has 0 saturated carbocycles. The fourth-order valence-electron chi connectivity index (χ4n) is 2.89. The van der Waals surface area contributed by atoms with Gasteiger partial charge >= 0.3 is 11.9 Å². The van der Waals surface area contributed by atoms with Gasteiger partial charge in [0.15, 0.2) is 6.10 Å². The van der Waals surface area contributed by atoms with E-state index in [0.717, 1.165) is 5.56 Å². The van der Waals surface area contributed by atoms with Gasteiger partial charge in [0.25, 0.3) is 5.91 Å². The van der Waals surface area contributed by atoms with Crippen LogP contribution in [0.1, 0.15) is 18.9 Å². The molecule has 0 N–H and O–H groups in total. The van der Waals surface area contributed by atoms with Gasteiger partial charge in [0.2, 0.25) is 0 Å². The van der Waals surface area contributed by atoms with Gasteiger partial charge in [-0.3, -0.25) is 14.4 Å². The molecule has 0 radical (unpaired) electrons. The van der Waals surface area contributed by atoms with Crippen LogP contribution >= 0.6 is 0 Å². The number of nitrogens with zero attached hydrogens (tertiary/aromatic N) is 1. The first-order chi connectivity index (χ1) is 13.5. The number of carbonyl (C=O) groups excluding carboxylic acids is 3. The van der Waals surface area contributed by atoms with E-state index in [2.05, 4.69) is 4.74 Å². The van der Waals surface area contributed by atoms with E-state index in [0.29, 0.717) is 17.2 Å². The van der Waals surface area contributed by atoms with Crippen LogP contribution in [0.5, 0.6) is 11.5 Å². The first kappa shape index (κ1) is 19.4. The van der Waals surface area contributed by atoms with Crippen molar-refractivity contribution in [2.75, 3.05) is 18.6 Å². The van der Waals surface area contributed by atoms with Crippen LogP contribution in [0.15, 0.2) is 48.5 Å². The van der Waals surface area contributed by atoms with E-state index in [1.54, 1.807) is 48.2 Å². The minimum Gasteiger partial charge on any atom is -0.479 e. The lowest BCUT2D eigenvalue weighted by atomic mass is 10.1. The topological polar surface area (TPSA) is 82.1 Å². The lowest BCUT2D eigenvalue weighted by Gasteiger charge is -2.32. The first-order valence-corrected chi connectivity index (χ1v) is 8.91. The molecule has 1 aliphatic rings. The number of esters is 2. The molecule has 0 aliphatic carbocycles. The highest BCUT2D eigenvalue weighted by Crippen LogP contribution is 2.33. The molecule has 0 saturated heterocycles. The number of hydrogen-bond acceptors (Lipinski definition) is 6. The van der Waals surface area contributed by atoms with Crippen molar-refractivity contribution in [3.05, 3.63) is 54.1 Å². The van der Waals surface area contributed by atoms with Gasteiger partial charge in [0.1, 0.15) is 11.5 Å². The van der Waals surface area contributed by atoms with Crippen molar-refractivity contribution in [1.82, 2.24) is 0 Å². The van der Waals surface area contributed by atoms with Crippen molar-refractivity contribution in [3.8, 4) is 11.5 Å². The zero-order chi connectivity index (χ0) is 20.1. The number of rotatable bonds is 6. The molecule has 1 aliphatic heterocycles. The Hall–Kier alpha value is -3.35. The summed E-state index contributed by atoms with van der Waals surface area (Å²) in [6.07, 6.45) is -0.411. The zero-order valence-electron chi connectivity index (χ0n) is 15.7. The molecule has 28 heavy (non-hydrogen) atoms. The third-order valence-corrected chi connectivity index (χ3v) is 4.34. The van der Waals surface area contributed by atoms with Crippen LogP contribution in [0.3, 0.4) is 0 Å². The standard InChI is InChI=1S/C21H21NO6/c1-14-21(25)22(17-5-3-4-6-18(17)27-14)12-11-19(23)28-16-9-7-15(8-10-16)13-20(24)26-2/h3-10,14H,11-13H2,1-2H3. The van der Waals surface area contributed by atoms with E-state index < -0.39 is 12.1 Å². The molecule has 2 aromatic rings. The van der Waals surface area contributed by atoms with Crippen LogP contribution in [-0.4, -0.2) is 37.6 Å². The summed E-state index contributed by atoms with van der Waals surface area (Å²) in [5.41, 5.74) is 1.40. The van der Waals surface area contributed by atoms with Gasteiger partial charge in [0, 0.05) is 6.54 Å². The molecule has 7 nitrogen and oxygen atoms in total. The fourth-order valence-corrected chi connectivity index (χ4v) is 2.89. The van der Waals surface area contributed by atoms with Gasteiger partial charge < -0.3 is 19.1 Å². The number of fused-ring (bicyclic) bond motifs is 1. The highest BCUT2D eigenvalue weighted by atomic mass is 16.5. The largest absolute Gasteiger partial charge is 0.479 e. The molecule has 1 unspecified atom stereocenters. The molecule has 2 aromatic carbocycles. The van der Waals surface area contributed by atoms with Gasteiger partial charge in [-0.25, -0.2) is 0 Å². The molecule has 0 fully saturated rings. The molecule has 1 amide bonds. The van der Waals surface area contributed by atoms with E-state index in [-0.39, 0.29) is 31.3 Å². The van der Waals surface area contributed by atoms with Crippen molar-refractivity contribution in [1.29, 1.82) is 0 Å². The quantitative estimate of drug-likeness (QED) is 0.563. The van der Waals surface area contributed by atoms with Crippen molar-refractivity contribution < 1.29 is 28.6 Å². The molecule has 7 heteroatoms. The van der Waals surface area contributed by atoms with Crippen molar-refractivity contribution in [2.45, 2.75) is 25.9 Å². The van der Waals surface area contributed by atoms with E-state index >= 15 is 0 Å². The van der Waals surface area contributed by atoms with Gasteiger partial charge in [-0.2, -0.15) is 0 Å². The fraction of sp³-hybridized carbons (Fsp3) is 0.286. The maximum Gasteiger partial charge on any atom is 0.312 e. The number of anilines is 1. The van der Waals surface area contributed by atoms with Crippen LogP contribution in [0.4, 0.5) is 5.69 Å². The zero-order valence-corrected chi connectivity index (χ0v) is 15.7. The Labute approximate surface area is 162 Å². The normalized spacial score (nSPS) is 15.4. The second-order valence-electron chi connectivity index (χ2n) is 6.34.